The fourth-order valence-electron chi connectivity index (χ4n) is 8.20. The molecule has 1 aromatic heterocycles. The molecular weight excluding hydrogens is 458 g/mol. The van der Waals surface area contributed by atoms with E-state index in [1.807, 2.05) is 49.5 Å². The summed E-state index contributed by atoms with van der Waals surface area (Å²) in [5.41, 5.74) is 2.40. The van der Waals surface area contributed by atoms with Crippen LogP contribution in [0.3, 0.4) is 0 Å². The van der Waals surface area contributed by atoms with Crippen LogP contribution in [0.25, 0.3) is 10.9 Å². The van der Waals surface area contributed by atoms with Gasteiger partial charge in [0.25, 0.3) is 0 Å². The Bertz CT molecular complexity index is 1240. The number of amides is 2. The van der Waals surface area contributed by atoms with Crippen LogP contribution in [0.5, 0.6) is 0 Å². The lowest BCUT2D eigenvalue weighted by Gasteiger charge is -2.56. The van der Waals surface area contributed by atoms with Gasteiger partial charge >= 0.3 is 0 Å². The first kappa shape index (κ1) is 24.3. The minimum absolute atomic E-state index is 0.0301. The molecule has 7 rings (SSSR count). The molecule has 4 aliphatic rings. The molecule has 4 bridgehead atoms. The van der Waals surface area contributed by atoms with Crippen LogP contribution < -0.4 is 10.6 Å². The maximum absolute atomic E-state index is 13.7. The lowest BCUT2D eigenvalue weighted by molar-refractivity contribution is -0.137. The molecule has 3 aromatic rings. The third kappa shape index (κ3) is 5.05. The summed E-state index contributed by atoms with van der Waals surface area (Å²) in [5, 5.41) is 7.49. The van der Waals surface area contributed by atoms with Crippen LogP contribution in [0.2, 0.25) is 0 Å². The Morgan fingerprint density at radius 2 is 1.59 bits per heavy atom. The van der Waals surface area contributed by atoms with Gasteiger partial charge in [0.15, 0.2) is 0 Å². The second-order valence-electron chi connectivity index (χ2n) is 12.5. The highest BCUT2D eigenvalue weighted by Crippen LogP contribution is 2.61. The van der Waals surface area contributed by atoms with Gasteiger partial charge < -0.3 is 15.6 Å². The van der Waals surface area contributed by atoms with Crippen molar-refractivity contribution in [3.8, 4) is 0 Å². The number of carbonyl (C=O) groups is 2. The number of H-pyrrole nitrogens is 1. The van der Waals surface area contributed by atoms with E-state index in [4.69, 9.17) is 0 Å². The van der Waals surface area contributed by atoms with E-state index >= 15 is 0 Å². The van der Waals surface area contributed by atoms with Crippen LogP contribution in [0, 0.1) is 23.2 Å². The highest BCUT2D eigenvalue weighted by Gasteiger charge is 2.52. The van der Waals surface area contributed by atoms with E-state index in [-0.39, 0.29) is 17.2 Å². The van der Waals surface area contributed by atoms with E-state index in [9.17, 15) is 9.59 Å². The normalized spacial score (nSPS) is 27.6. The molecule has 0 unspecified atom stereocenters. The fraction of sp³-hybridized carbons (Fsp3) is 0.500. The molecule has 1 atom stereocenters. The van der Waals surface area contributed by atoms with Crippen molar-refractivity contribution in [1.29, 1.82) is 0 Å². The smallest absolute Gasteiger partial charge is 0.245 e. The summed E-state index contributed by atoms with van der Waals surface area (Å²) in [6, 6.07) is 18.3. The van der Waals surface area contributed by atoms with Crippen molar-refractivity contribution in [2.24, 2.45) is 23.2 Å². The minimum atomic E-state index is -1.03. The van der Waals surface area contributed by atoms with Crippen molar-refractivity contribution in [2.75, 3.05) is 6.54 Å². The standard InChI is InChI=1S/C32H39N3O2/c1-31(19-26-21-34-28-10-6-5-9-27(26)28,30(37)33-12-11-22-7-3-2-4-8-22)35-29(36)20-32-16-23-13-24(17-32)15-25(14-23)18-32/h2-10,21,23-25,34H,11-20H2,1H3,(H,33,37)(H,35,36)/t23?,24?,25?,31-,32?/m0/s1. The molecule has 5 nitrogen and oxygen atoms in total. The number of hydrogen-bond donors (Lipinski definition) is 3. The number of aromatic amines is 1. The van der Waals surface area contributed by atoms with E-state index < -0.39 is 5.54 Å². The van der Waals surface area contributed by atoms with E-state index in [1.165, 1.54) is 44.1 Å². The second-order valence-corrected chi connectivity index (χ2v) is 12.5. The van der Waals surface area contributed by atoms with Gasteiger partial charge in [-0.1, -0.05) is 48.5 Å². The third-order valence-electron chi connectivity index (χ3n) is 9.38. The number of hydrogen-bond acceptors (Lipinski definition) is 2. The van der Waals surface area contributed by atoms with Crippen molar-refractivity contribution in [3.05, 3.63) is 71.9 Å². The number of para-hydroxylation sites is 1. The van der Waals surface area contributed by atoms with Crippen molar-refractivity contribution >= 4 is 22.7 Å². The maximum atomic E-state index is 13.7. The Morgan fingerprint density at radius 1 is 0.946 bits per heavy atom. The molecule has 3 N–H and O–H groups in total. The van der Waals surface area contributed by atoms with Crippen molar-refractivity contribution < 1.29 is 9.59 Å². The summed E-state index contributed by atoms with van der Waals surface area (Å²) in [6.07, 6.45) is 11.4. The maximum Gasteiger partial charge on any atom is 0.245 e. The van der Waals surface area contributed by atoms with E-state index in [0.29, 0.717) is 19.4 Å². The molecule has 1 heterocycles. The molecule has 2 amide bonds. The summed E-state index contributed by atoms with van der Waals surface area (Å²) in [6.45, 7) is 2.43. The van der Waals surface area contributed by atoms with Gasteiger partial charge in [-0.05, 0) is 92.2 Å². The predicted molar refractivity (Wildman–Crippen MR) is 147 cm³/mol. The van der Waals surface area contributed by atoms with Crippen molar-refractivity contribution in [2.45, 2.75) is 70.3 Å². The zero-order valence-electron chi connectivity index (χ0n) is 21.9. The summed E-state index contributed by atoms with van der Waals surface area (Å²) in [5.74, 6) is 2.32. The number of carbonyl (C=O) groups excluding carboxylic acids is 2. The van der Waals surface area contributed by atoms with Crippen LogP contribution in [0.4, 0.5) is 0 Å². The van der Waals surface area contributed by atoms with Gasteiger partial charge in [0, 0.05) is 36.5 Å². The van der Waals surface area contributed by atoms with Gasteiger partial charge in [0.1, 0.15) is 5.54 Å². The van der Waals surface area contributed by atoms with E-state index in [2.05, 4.69) is 33.8 Å². The first-order valence-electron chi connectivity index (χ1n) is 14.1. The molecule has 5 heteroatoms. The molecule has 0 saturated heterocycles. The van der Waals surface area contributed by atoms with E-state index in [1.54, 1.807) is 0 Å². The zero-order chi connectivity index (χ0) is 25.5. The molecule has 0 spiro atoms. The van der Waals surface area contributed by atoms with Gasteiger partial charge in [-0.3, -0.25) is 9.59 Å². The first-order valence-corrected chi connectivity index (χ1v) is 14.1. The molecule has 4 fully saturated rings. The number of rotatable bonds is 9. The van der Waals surface area contributed by atoms with Gasteiger partial charge in [-0.15, -0.1) is 0 Å². The second kappa shape index (κ2) is 9.66. The van der Waals surface area contributed by atoms with Crippen LogP contribution >= 0.6 is 0 Å². The van der Waals surface area contributed by atoms with Crippen molar-refractivity contribution in [1.82, 2.24) is 15.6 Å². The number of benzene rings is 2. The average Bonchev–Trinajstić information content (AvgIpc) is 3.25. The van der Waals surface area contributed by atoms with Crippen molar-refractivity contribution in [3.63, 3.8) is 0 Å². The Kier molecular flexibility index (Phi) is 6.34. The van der Waals surface area contributed by atoms with Crippen LogP contribution in [0.15, 0.2) is 60.8 Å². The molecule has 4 saturated carbocycles. The van der Waals surface area contributed by atoms with Crippen LogP contribution in [0.1, 0.15) is 63.0 Å². The topological polar surface area (TPSA) is 74.0 Å². The molecule has 0 aliphatic heterocycles. The Morgan fingerprint density at radius 3 is 2.30 bits per heavy atom. The average molecular weight is 498 g/mol. The van der Waals surface area contributed by atoms with E-state index in [0.717, 1.165) is 40.6 Å². The molecule has 37 heavy (non-hydrogen) atoms. The van der Waals surface area contributed by atoms with Crippen LogP contribution in [-0.4, -0.2) is 28.9 Å². The largest absolute Gasteiger partial charge is 0.361 e. The first-order chi connectivity index (χ1) is 17.9. The summed E-state index contributed by atoms with van der Waals surface area (Å²) < 4.78 is 0. The van der Waals surface area contributed by atoms with Crippen LogP contribution in [-0.2, 0) is 22.4 Å². The molecule has 4 aliphatic carbocycles. The Labute approximate surface area is 219 Å². The van der Waals surface area contributed by atoms with Gasteiger partial charge in [0.2, 0.25) is 11.8 Å². The Balaban J connectivity index is 1.19. The third-order valence-corrected chi connectivity index (χ3v) is 9.38. The highest BCUT2D eigenvalue weighted by atomic mass is 16.2. The summed E-state index contributed by atoms with van der Waals surface area (Å²) in [7, 11) is 0. The lowest BCUT2D eigenvalue weighted by atomic mass is 9.49. The molecule has 2 aromatic carbocycles. The predicted octanol–water partition coefficient (Wildman–Crippen LogP) is 5.55. The molecule has 0 radical (unpaired) electrons. The zero-order valence-corrected chi connectivity index (χ0v) is 21.9. The lowest BCUT2D eigenvalue weighted by Crippen LogP contribution is -2.59. The van der Waals surface area contributed by atoms with Gasteiger partial charge in [-0.2, -0.15) is 0 Å². The quantitative estimate of drug-likeness (QED) is 0.363. The minimum Gasteiger partial charge on any atom is -0.361 e. The highest BCUT2D eigenvalue weighted by molar-refractivity contribution is 5.93. The molecule has 194 valence electrons. The monoisotopic (exact) mass is 497 g/mol. The molecular formula is C32H39N3O2. The summed E-state index contributed by atoms with van der Waals surface area (Å²) in [4.78, 5) is 30.6. The number of fused-ring (bicyclic) bond motifs is 1. The SMILES string of the molecule is C[C@@](Cc1c[nH]c2ccccc12)(NC(=O)CC12CC3CC(CC(C3)C1)C2)C(=O)NCCc1ccccc1. The fourth-order valence-corrected chi connectivity index (χ4v) is 8.20. The van der Waals surface area contributed by atoms with Gasteiger partial charge in [0.05, 0.1) is 0 Å². The summed E-state index contributed by atoms with van der Waals surface area (Å²) >= 11 is 0. The Hall–Kier alpha value is -3.08. The van der Waals surface area contributed by atoms with Gasteiger partial charge in [-0.25, -0.2) is 0 Å². The number of aromatic nitrogens is 1. The number of nitrogens with one attached hydrogen (secondary N) is 3.